The fourth-order valence-corrected chi connectivity index (χ4v) is 2.06. The number of hydrogen-bond acceptors (Lipinski definition) is 3. The summed E-state index contributed by atoms with van der Waals surface area (Å²) in [5.41, 5.74) is 1.71. The second kappa shape index (κ2) is 9.27. The molecule has 0 fully saturated rings. The van der Waals surface area contributed by atoms with Crippen molar-refractivity contribution in [2.45, 2.75) is 0 Å². The van der Waals surface area contributed by atoms with Gasteiger partial charge in [0.05, 0.1) is 0 Å². The number of carbonyl (C=O) groups excluding carboxylic acids is 1. The van der Waals surface area contributed by atoms with Gasteiger partial charge < -0.3 is 10.1 Å². The molecule has 0 heterocycles. The summed E-state index contributed by atoms with van der Waals surface area (Å²) in [6.45, 7) is 4.05. The highest BCUT2D eigenvalue weighted by molar-refractivity contribution is 7.80. The molecule has 2 N–H and O–H groups in total. The van der Waals surface area contributed by atoms with E-state index in [0.717, 1.165) is 17.0 Å². The fourth-order valence-electron chi connectivity index (χ4n) is 1.84. The minimum absolute atomic E-state index is 0.234. The lowest BCUT2D eigenvalue weighted by atomic mass is 10.2. The molecular formula is C19H18N2O2S. The second-order valence-electron chi connectivity index (χ2n) is 4.81. The van der Waals surface area contributed by atoms with Gasteiger partial charge in [0, 0.05) is 11.8 Å². The van der Waals surface area contributed by atoms with E-state index in [1.54, 1.807) is 12.2 Å². The third-order valence-corrected chi connectivity index (χ3v) is 3.15. The summed E-state index contributed by atoms with van der Waals surface area (Å²) in [7, 11) is 0. The van der Waals surface area contributed by atoms with Crippen LogP contribution in [0.4, 0.5) is 5.69 Å². The second-order valence-corrected chi connectivity index (χ2v) is 5.22. The molecule has 5 heteroatoms. The number of thiocarbonyl (C=S) groups is 1. The number of nitrogens with one attached hydrogen (secondary N) is 2. The van der Waals surface area contributed by atoms with Gasteiger partial charge in [-0.2, -0.15) is 0 Å². The van der Waals surface area contributed by atoms with E-state index in [9.17, 15) is 4.79 Å². The van der Waals surface area contributed by atoms with Gasteiger partial charge in [0.15, 0.2) is 5.11 Å². The first-order valence-electron chi connectivity index (χ1n) is 7.36. The average molecular weight is 338 g/mol. The minimum Gasteiger partial charge on any atom is -0.490 e. The standard InChI is InChI=1S/C19H18N2O2S/c1-2-14-23-17-11-9-16(10-12-17)20-19(24)21-18(22)13-8-15-6-4-3-5-7-15/h2-13H,1,14H2,(H2,20,21,22,24). The molecule has 0 aliphatic rings. The van der Waals surface area contributed by atoms with Crippen LogP contribution in [0.2, 0.25) is 0 Å². The van der Waals surface area contributed by atoms with Crippen LogP contribution in [-0.2, 0) is 4.79 Å². The number of rotatable bonds is 6. The number of anilines is 1. The normalized spacial score (nSPS) is 10.2. The molecule has 2 aromatic rings. The zero-order valence-corrected chi connectivity index (χ0v) is 13.9. The van der Waals surface area contributed by atoms with Crippen molar-refractivity contribution in [1.82, 2.24) is 5.32 Å². The fraction of sp³-hybridized carbons (Fsp3) is 0.0526. The number of benzene rings is 2. The predicted molar refractivity (Wildman–Crippen MR) is 102 cm³/mol. The molecule has 0 aliphatic heterocycles. The summed E-state index contributed by atoms with van der Waals surface area (Å²) in [6, 6.07) is 16.8. The molecule has 0 aliphatic carbocycles. The lowest BCUT2D eigenvalue weighted by molar-refractivity contribution is -0.115. The van der Waals surface area contributed by atoms with Crippen LogP contribution < -0.4 is 15.4 Å². The third-order valence-electron chi connectivity index (χ3n) is 2.94. The Kier molecular flexibility index (Phi) is 6.73. The van der Waals surface area contributed by atoms with E-state index in [4.69, 9.17) is 17.0 Å². The van der Waals surface area contributed by atoms with E-state index >= 15 is 0 Å². The van der Waals surface area contributed by atoms with Crippen LogP contribution in [0.25, 0.3) is 6.08 Å². The highest BCUT2D eigenvalue weighted by atomic mass is 32.1. The van der Waals surface area contributed by atoms with E-state index in [1.165, 1.54) is 6.08 Å². The Morgan fingerprint density at radius 1 is 1.12 bits per heavy atom. The lowest BCUT2D eigenvalue weighted by Crippen LogP contribution is -2.32. The molecule has 2 aromatic carbocycles. The van der Waals surface area contributed by atoms with Gasteiger partial charge in [0.25, 0.3) is 0 Å². The Balaban J connectivity index is 1.83. The van der Waals surface area contributed by atoms with Crippen molar-refractivity contribution in [2.24, 2.45) is 0 Å². The Labute approximate surface area is 146 Å². The Bertz CT molecular complexity index is 725. The topological polar surface area (TPSA) is 50.4 Å². The molecule has 0 atom stereocenters. The van der Waals surface area contributed by atoms with Crippen molar-refractivity contribution < 1.29 is 9.53 Å². The molecule has 4 nitrogen and oxygen atoms in total. The van der Waals surface area contributed by atoms with Crippen LogP contribution in [0.1, 0.15) is 5.56 Å². The van der Waals surface area contributed by atoms with Gasteiger partial charge in [0.1, 0.15) is 12.4 Å². The van der Waals surface area contributed by atoms with Gasteiger partial charge in [-0.15, -0.1) is 0 Å². The Morgan fingerprint density at radius 2 is 1.83 bits per heavy atom. The number of ether oxygens (including phenoxy) is 1. The molecule has 0 spiro atoms. The van der Waals surface area contributed by atoms with Crippen LogP contribution in [0, 0.1) is 0 Å². The number of carbonyl (C=O) groups is 1. The van der Waals surface area contributed by atoms with Crippen LogP contribution in [0.3, 0.4) is 0 Å². The highest BCUT2D eigenvalue weighted by Crippen LogP contribution is 2.15. The third kappa shape index (κ3) is 6.06. The molecule has 0 aromatic heterocycles. The van der Waals surface area contributed by atoms with Crippen molar-refractivity contribution in [3.8, 4) is 5.75 Å². The van der Waals surface area contributed by atoms with Crippen molar-refractivity contribution in [3.63, 3.8) is 0 Å². The largest absolute Gasteiger partial charge is 0.490 e. The van der Waals surface area contributed by atoms with Gasteiger partial charge in [-0.1, -0.05) is 43.0 Å². The van der Waals surface area contributed by atoms with Gasteiger partial charge in [-0.25, -0.2) is 0 Å². The summed E-state index contributed by atoms with van der Waals surface area (Å²) in [5, 5.41) is 5.78. The molecule has 1 amide bonds. The molecule has 0 radical (unpaired) electrons. The van der Waals surface area contributed by atoms with E-state index in [2.05, 4.69) is 17.2 Å². The zero-order valence-electron chi connectivity index (χ0n) is 13.1. The molecule has 0 bridgehead atoms. The monoisotopic (exact) mass is 338 g/mol. The van der Waals surface area contributed by atoms with Crippen LogP contribution in [-0.4, -0.2) is 17.6 Å². The molecular weight excluding hydrogens is 320 g/mol. The molecule has 0 unspecified atom stereocenters. The van der Waals surface area contributed by atoms with Crippen molar-refractivity contribution >= 4 is 35.0 Å². The maximum Gasteiger partial charge on any atom is 0.250 e. The van der Waals surface area contributed by atoms with E-state index in [0.29, 0.717) is 6.61 Å². The van der Waals surface area contributed by atoms with E-state index < -0.39 is 0 Å². The SMILES string of the molecule is C=CCOc1ccc(NC(=S)NC(=O)C=Cc2ccccc2)cc1. The predicted octanol–water partition coefficient (Wildman–Crippen LogP) is 3.78. The van der Waals surface area contributed by atoms with E-state index in [1.807, 2.05) is 54.6 Å². The smallest absolute Gasteiger partial charge is 0.250 e. The maximum absolute atomic E-state index is 11.8. The molecule has 24 heavy (non-hydrogen) atoms. The van der Waals surface area contributed by atoms with Crippen LogP contribution in [0.15, 0.2) is 73.3 Å². The maximum atomic E-state index is 11.8. The van der Waals surface area contributed by atoms with Gasteiger partial charge >= 0.3 is 0 Å². The number of amides is 1. The van der Waals surface area contributed by atoms with Gasteiger partial charge in [0.2, 0.25) is 5.91 Å². The summed E-state index contributed by atoms with van der Waals surface area (Å²) in [5.74, 6) is 0.448. The molecule has 0 saturated heterocycles. The summed E-state index contributed by atoms with van der Waals surface area (Å²) in [6.07, 6.45) is 4.85. The van der Waals surface area contributed by atoms with E-state index in [-0.39, 0.29) is 11.0 Å². The Hall–Kier alpha value is -2.92. The highest BCUT2D eigenvalue weighted by Gasteiger charge is 2.02. The lowest BCUT2D eigenvalue weighted by Gasteiger charge is -2.09. The minimum atomic E-state index is -0.290. The first-order chi connectivity index (χ1) is 11.7. The van der Waals surface area contributed by atoms with Crippen LogP contribution >= 0.6 is 12.2 Å². The summed E-state index contributed by atoms with van der Waals surface area (Å²) in [4.78, 5) is 11.8. The first-order valence-corrected chi connectivity index (χ1v) is 7.77. The van der Waals surface area contributed by atoms with Crippen molar-refractivity contribution in [1.29, 1.82) is 0 Å². The van der Waals surface area contributed by atoms with Crippen molar-refractivity contribution in [2.75, 3.05) is 11.9 Å². The van der Waals surface area contributed by atoms with Gasteiger partial charge in [-0.3, -0.25) is 10.1 Å². The molecule has 0 saturated carbocycles. The molecule has 2 rings (SSSR count). The molecule has 122 valence electrons. The quantitative estimate of drug-likeness (QED) is 0.478. The summed E-state index contributed by atoms with van der Waals surface area (Å²) < 4.78 is 5.40. The van der Waals surface area contributed by atoms with Crippen LogP contribution in [0.5, 0.6) is 5.75 Å². The first kappa shape index (κ1) is 17.4. The van der Waals surface area contributed by atoms with Gasteiger partial charge in [-0.05, 0) is 48.1 Å². The Morgan fingerprint density at radius 3 is 2.50 bits per heavy atom. The zero-order chi connectivity index (χ0) is 17.2. The average Bonchev–Trinajstić information content (AvgIpc) is 2.60. The number of hydrogen-bond donors (Lipinski definition) is 2. The van der Waals surface area contributed by atoms with Crippen molar-refractivity contribution in [3.05, 3.63) is 78.9 Å². The summed E-state index contributed by atoms with van der Waals surface area (Å²) >= 11 is 5.12.